The van der Waals surface area contributed by atoms with Crippen molar-refractivity contribution in [2.24, 2.45) is 14.1 Å². The molecule has 0 radical (unpaired) electrons. The molecule has 5 aromatic rings. The Morgan fingerprint density at radius 2 is 1.77 bits per heavy atom. The molecule has 0 spiro atoms. The molecule has 0 fully saturated rings. The summed E-state index contributed by atoms with van der Waals surface area (Å²) in [4.78, 5) is 17.9. The summed E-state index contributed by atoms with van der Waals surface area (Å²) in [7, 11) is 3.64. The van der Waals surface area contributed by atoms with Crippen LogP contribution < -0.4 is 5.69 Å². The number of fused-ring (bicyclic) bond motifs is 3. The standard InChI is InChI=1S/C23H21N5O2/c1-13-21(14(2)27(4)25-13)28-22-18-11-16(15-6-5-7-17(29)10-15)8-9-19(18)24-12-20(22)26(3)23(28)30/h5-12,29H,1-4H3. The number of aromatic hydroxyl groups is 1. The lowest BCUT2D eigenvalue weighted by Crippen LogP contribution is -2.21. The molecule has 0 saturated carbocycles. The molecule has 0 amide bonds. The fourth-order valence-electron chi connectivity index (χ4n) is 4.16. The topological polar surface area (TPSA) is 77.9 Å². The van der Waals surface area contributed by atoms with Gasteiger partial charge in [-0.2, -0.15) is 5.10 Å². The van der Waals surface area contributed by atoms with Crippen LogP contribution in [0.15, 0.2) is 53.5 Å². The first-order valence-corrected chi connectivity index (χ1v) is 9.67. The van der Waals surface area contributed by atoms with E-state index in [0.29, 0.717) is 0 Å². The quantitative estimate of drug-likeness (QED) is 0.492. The van der Waals surface area contributed by atoms with Crippen molar-refractivity contribution in [3.05, 3.63) is 70.5 Å². The molecule has 2 aromatic carbocycles. The Balaban J connectivity index is 1.92. The number of phenolic OH excluding ortho intramolecular Hbond substituents is 1. The second-order valence-corrected chi connectivity index (χ2v) is 7.59. The predicted octanol–water partition coefficient (Wildman–Crippen LogP) is 3.60. The molecule has 0 aliphatic heterocycles. The van der Waals surface area contributed by atoms with Crippen LogP contribution in [-0.4, -0.2) is 29.0 Å². The van der Waals surface area contributed by atoms with Gasteiger partial charge in [0.25, 0.3) is 0 Å². The zero-order chi connectivity index (χ0) is 21.2. The Hall–Kier alpha value is -3.87. The fraction of sp³-hybridized carbons (Fsp3) is 0.174. The van der Waals surface area contributed by atoms with Gasteiger partial charge in [0.15, 0.2) is 0 Å². The lowest BCUT2D eigenvalue weighted by Gasteiger charge is -2.09. The summed E-state index contributed by atoms with van der Waals surface area (Å²) in [6.07, 6.45) is 1.74. The van der Waals surface area contributed by atoms with Gasteiger partial charge in [0, 0.05) is 19.5 Å². The summed E-state index contributed by atoms with van der Waals surface area (Å²) in [5.74, 6) is 0.210. The molecule has 0 saturated heterocycles. The van der Waals surface area contributed by atoms with E-state index in [0.717, 1.165) is 50.1 Å². The Labute approximate surface area is 172 Å². The third-order valence-electron chi connectivity index (χ3n) is 5.76. The second-order valence-electron chi connectivity index (χ2n) is 7.59. The van der Waals surface area contributed by atoms with Crippen molar-refractivity contribution in [1.29, 1.82) is 0 Å². The van der Waals surface area contributed by atoms with Crippen molar-refractivity contribution in [2.75, 3.05) is 0 Å². The molecular formula is C23H21N5O2. The molecule has 1 N–H and O–H groups in total. The Kier molecular flexibility index (Phi) is 3.83. The highest BCUT2D eigenvalue weighted by Crippen LogP contribution is 2.31. The van der Waals surface area contributed by atoms with Gasteiger partial charge < -0.3 is 5.11 Å². The van der Waals surface area contributed by atoms with Crippen LogP contribution in [0.3, 0.4) is 0 Å². The highest BCUT2D eigenvalue weighted by molar-refractivity contribution is 6.04. The summed E-state index contributed by atoms with van der Waals surface area (Å²) < 4.78 is 5.15. The first-order chi connectivity index (χ1) is 14.4. The van der Waals surface area contributed by atoms with Crippen LogP contribution in [0.5, 0.6) is 5.75 Å². The smallest absolute Gasteiger partial charge is 0.333 e. The number of hydrogen-bond acceptors (Lipinski definition) is 4. The third kappa shape index (κ3) is 2.48. The number of aryl methyl sites for hydroxylation is 3. The van der Waals surface area contributed by atoms with Crippen molar-refractivity contribution in [3.63, 3.8) is 0 Å². The number of pyridine rings is 1. The highest BCUT2D eigenvalue weighted by Gasteiger charge is 2.21. The highest BCUT2D eigenvalue weighted by atomic mass is 16.3. The number of nitrogens with zero attached hydrogens (tertiary/aromatic N) is 5. The van der Waals surface area contributed by atoms with E-state index in [-0.39, 0.29) is 11.4 Å². The normalized spacial score (nSPS) is 11.6. The minimum atomic E-state index is -0.138. The van der Waals surface area contributed by atoms with E-state index in [1.807, 2.05) is 51.2 Å². The average molecular weight is 399 g/mol. The summed E-state index contributed by atoms with van der Waals surface area (Å²) in [5.41, 5.74) is 6.55. The second kappa shape index (κ2) is 6.32. The predicted molar refractivity (Wildman–Crippen MR) is 117 cm³/mol. The molecular weight excluding hydrogens is 378 g/mol. The van der Waals surface area contributed by atoms with Gasteiger partial charge in [-0.15, -0.1) is 0 Å². The number of aromatic nitrogens is 5. The molecule has 3 aromatic heterocycles. The van der Waals surface area contributed by atoms with Crippen LogP contribution in [0.1, 0.15) is 11.4 Å². The van der Waals surface area contributed by atoms with E-state index < -0.39 is 0 Å². The molecule has 5 rings (SSSR count). The van der Waals surface area contributed by atoms with Crippen LogP contribution in [0.2, 0.25) is 0 Å². The van der Waals surface area contributed by atoms with Gasteiger partial charge >= 0.3 is 5.69 Å². The van der Waals surface area contributed by atoms with Crippen molar-refractivity contribution < 1.29 is 5.11 Å². The number of benzene rings is 2. The first kappa shape index (κ1) is 18.2. The molecule has 0 unspecified atom stereocenters. The zero-order valence-corrected chi connectivity index (χ0v) is 17.2. The van der Waals surface area contributed by atoms with E-state index in [2.05, 4.69) is 10.1 Å². The summed E-state index contributed by atoms with van der Waals surface area (Å²) in [5, 5.41) is 15.3. The molecule has 7 nitrogen and oxygen atoms in total. The van der Waals surface area contributed by atoms with Gasteiger partial charge in [-0.1, -0.05) is 18.2 Å². The summed E-state index contributed by atoms with van der Waals surface area (Å²) in [6, 6.07) is 13.1. The maximum Gasteiger partial charge on any atom is 0.333 e. The van der Waals surface area contributed by atoms with Gasteiger partial charge in [0.1, 0.15) is 5.75 Å². The maximum absolute atomic E-state index is 13.3. The fourth-order valence-corrected chi connectivity index (χ4v) is 4.16. The minimum Gasteiger partial charge on any atom is -0.508 e. The van der Waals surface area contributed by atoms with Crippen LogP contribution in [-0.2, 0) is 14.1 Å². The molecule has 3 heterocycles. The largest absolute Gasteiger partial charge is 0.508 e. The van der Waals surface area contributed by atoms with Gasteiger partial charge in [-0.3, -0.25) is 18.8 Å². The van der Waals surface area contributed by atoms with Crippen molar-refractivity contribution in [1.82, 2.24) is 23.9 Å². The molecule has 0 aliphatic carbocycles. The van der Waals surface area contributed by atoms with Crippen LogP contribution in [0.25, 0.3) is 38.8 Å². The lowest BCUT2D eigenvalue weighted by atomic mass is 10.0. The minimum absolute atomic E-state index is 0.138. The van der Waals surface area contributed by atoms with E-state index in [4.69, 9.17) is 0 Å². The number of hydrogen-bond donors (Lipinski definition) is 1. The SMILES string of the molecule is Cc1nn(C)c(C)c1-n1c(=O)n(C)c2cnc3ccc(-c4cccc(O)c4)cc3c21. The van der Waals surface area contributed by atoms with Crippen LogP contribution in [0.4, 0.5) is 0 Å². The van der Waals surface area contributed by atoms with Gasteiger partial charge in [-0.25, -0.2) is 4.79 Å². The van der Waals surface area contributed by atoms with E-state index >= 15 is 0 Å². The zero-order valence-electron chi connectivity index (χ0n) is 17.2. The van der Waals surface area contributed by atoms with E-state index in [1.165, 1.54) is 0 Å². The van der Waals surface area contributed by atoms with Crippen LogP contribution >= 0.6 is 0 Å². The van der Waals surface area contributed by atoms with Gasteiger partial charge in [-0.05, 0) is 49.2 Å². The van der Waals surface area contributed by atoms with Crippen LogP contribution in [0, 0.1) is 13.8 Å². The third-order valence-corrected chi connectivity index (χ3v) is 5.76. The van der Waals surface area contributed by atoms with Crippen molar-refractivity contribution >= 4 is 21.9 Å². The molecule has 150 valence electrons. The monoisotopic (exact) mass is 399 g/mol. The van der Waals surface area contributed by atoms with Gasteiger partial charge in [0.05, 0.1) is 39.8 Å². The number of rotatable bonds is 2. The first-order valence-electron chi connectivity index (χ1n) is 9.67. The van der Waals surface area contributed by atoms with Crippen molar-refractivity contribution in [2.45, 2.75) is 13.8 Å². The Morgan fingerprint density at radius 3 is 2.47 bits per heavy atom. The summed E-state index contributed by atoms with van der Waals surface area (Å²) >= 11 is 0. The Bertz CT molecular complexity index is 1520. The molecule has 30 heavy (non-hydrogen) atoms. The average Bonchev–Trinajstić information content (AvgIpc) is 3.13. The molecule has 0 bridgehead atoms. The maximum atomic E-state index is 13.3. The Morgan fingerprint density at radius 1 is 1.00 bits per heavy atom. The molecule has 0 atom stereocenters. The van der Waals surface area contributed by atoms with E-state index in [1.54, 1.807) is 39.2 Å². The van der Waals surface area contributed by atoms with Crippen molar-refractivity contribution in [3.8, 4) is 22.6 Å². The van der Waals surface area contributed by atoms with Gasteiger partial charge in [0.2, 0.25) is 0 Å². The number of phenols is 1. The molecule has 0 aliphatic rings. The van der Waals surface area contributed by atoms with E-state index in [9.17, 15) is 9.90 Å². The lowest BCUT2D eigenvalue weighted by molar-refractivity contribution is 0.475. The molecule has 7 heteroatoms. The summed E-state index contributed by atoms with van der Waals surface area (Å²) in [6.45, 7) is 3.87. The number of imidazole rings is 1.